The molecule has 102 valence electrons. The molecule has 1 aliphatic heterocycles. The average Bonchev–Trinajstić information content (AvgIpc) is 2.85. The molecule has 7 heteroatoms. The molecule has 2 aromatic rings. The summed E-state index contributed by atoms with van der Waals surface area (Å²) in [6.45, 7) is 2.65. The van der Waals surface area contributed by atoms with Crippen LogP contribution < -0.4 is 0 Å². The summed E-state index contributed by atoms with van der Waals surface area (Å²) >= 11 is 2.17. The van der Waals surface area contributed by atoms with Gasteiger partial charge in [-0.3, -0.25) is 4.57 Å². The van der Waals surface area contributed by atoms with E-state index in [1.54, 1.807) is 12.7 Å². The van der Waals surface area contributed by atoms with Crippen molar-refractivity contribution in [3.8, 4) is 0 Å². The molecule has 0 saturated carbocycles. The van der Waals surface area contributed by atoms with Gasteiger partial charge in [0.1, 0.15) is 21.8 Å². The van der Waals surface area contributed by atoms with Gasteiger partial charge in [0, 0.05) is 6.61 Å². The second kappa shape index (κ2) is 5.68. The number of hydrogen-bond donors (Lipinski definition) is 0. The first-order valence-corrected chi connectivity index (χ1v) is 7.47. The molecule has 0 bridgehead atoms. The van der Waals surface area contributed by atoms with E-state index in [-0.39, 0.29) is 12.5 Å². The van der Waals surface area contributed by atoms with Gasteiger partial charge in [0.05, 0.1) is 6.33 Å². The van der Waals surface area contributed by atoms with Crippen LogP contribution in [0.3, 0.4) is 0 Å². The molecular formula is C12H15IN4O2. The van der Waals surface area contributed by atoms with Crippen molar-refractivity contribution in [1.29, 1.82) is 0 Å². The Bertz CT molecular complexity index is 572. The van der Waals surface area contributed by atoms with Crippen LogP contribution in [0.1, 0.15) is 32.4 Å². The monoisotopic (exact) mass is 374 g/mol. The third-order valence-corrected chi connectivity index (χ3v) is 3.97. The van der Waals surface area contributed by atoms with Crippen molar-refractivity contribution >= 4 is 33.8 Å². The molecule has 0 spiro atoms. The van der Waals surface area contributed by atoms with Gasteiger partial charge in [0.25, 0.3) is 0 Å². The standard InChI is InChI=1S/C12H15IN4O2/c1-2-18-9-5-3-4-8(19-9)17-7-16-10-11(13)14-6-15-12(10)17/h6-9H,2-5H2,1H3/t8-,9+/m1/s1. The first kappa shape index (κ1) is 13.2. The maximum Gasteiger partial charge on any atom is 0.166 e. The number of hydrogen-bond acceptors (Lipinski definition) is 5. The lowest BCUT2D eigenvalue weighted by atomic mass is 10.1. The van der Waals surface area contributed by atoms with Crippen LogP contribution in [0.5, 0.6) is 0 Å². The Hall–Kier alpha value is -0.800. The largest absolute Gasteiger partial charge is 0.353 e. The Kier molecular flexibility index (Phi) is 3.94. The fourth-order valence-electron chi connectivity index (χ4n) is 2.32. The molecule has 1 fully saturated rings. The van der Waals surface area contributed by atoms with E-state index in [1.165, 1.54) is 0 Å². The Morgan fingerprint density at radius 1 is 1.42 bits per heavy atom. The highest BCUT2D eigenvalue weighted by Gasteiger charge is 2.25. The normalized spacial score (nSPS) is 23.9. The number of ether oxygens (including phenoxy) is 2. The third kappa shape index (κ3) is 2.59. The lowest BCUT2D eigenvalue weighted by Gasteiger charge is -2.30. The van der Waals surface area contributed by atoms with E-state index < -0.39 is 0 Å². The van der Waals surface area contributed by atoms with Crippen LogP contribution in [0, 0.1) is 3.70 Å². The third-order valence-electron chi connectivity index (χ3n) is 3.18. The molecular weight excluding hydrogens is 359 g/mol. The minimum Gasteiger partial charge on any atom is -0.353 e. The van der Waals surface area contributed by atoms with Crippen LogP contribution >= 0.6 is 22.6 Å². The molecule has 3 heterocycles. The summed E-state index contributed by atoms with van der Waals surface area (Å²) in [6.07, 6.45) is 6.14. The lowest BCUT2D eigenvalue weighted by molar-refractivity contribution is -0.211. The van der Waals surface area contributed by atoms with E-state index in [0.717, 1.165) is 34.1 Å². The van der Waals surface area contributed by atoms with Gasteiger partial charge in [-0.15, -0.1) is 0 Å². The first-order chi connectivity index (χ1) is 9.29. The molecule has 19 heavy (non-hydrogen) atoms. The zero-order valence-electron chi connectivity index (χ0n) is 10.6. The van der Waals surface area contributed by atoms with Gasteiger partial charge in [-0.25, -0.2) is 15.0 Å². The van der Waals surface area contributed by atoms with Gasteiger partial charge in [0.15, 0.2) is 11.9 Å². The summed E-state index contributed by atoms with van der Waals surface area (Å²) in [7, 11) is 0. The predicted octanol–water partition coefficient (Wildman–Crippen LogP) is 2.49. The summed E-state index contributed by atoms with van der Waals surface area (Å²) in [4.78, 5) is 12.8. The van der Waals surface area contributed by atoms with Crippen LogP contribution in [0.4, 0.5) is 0 Å². The molecule has 1 aliphatic rings. The second-order valence-corrected chi connectivity index (χ2v) is 5.42. The fourth-order valence-corrected chi connectivity index (χ4v) is 2.82. The van der Waals surface area contributed by atoms with E-state index in [1.807, 2.05) is 11.5 Å². The average molecular weight is 374 g/mol. The van der Waals surface area contributed by atoms with Crippen LogP contribution in [0.2, 0.25) is 0 Å². The van der Waals surface area contributed by atoms with E-state index >= 15 is 0 Å². The molecule has 1 saturated heterocycles. The van der Waals surface area contributed by atoms with Gasteiger partial charge in [-0.05, 0) is 48.8 Å². The number of aromatic nitrogens is 4. The smallest absolute Gasteiger partial charge is 0.166 e. The molecule has 0 unspecified atom stereocenters. The maximum absolute atomic E-state index is 5.96. The number of rotatable bonds is 3. The second-order valence-electron chi connectivity index (χ2n) is 4.40. The molecule has 0 aromatic carbocycles. The predicted molar refractivity (Wildman–Crippen MR) is 77.4 cm³/mol. The Balaban J connectivity index is 1.89. The SMILES string of the molecule is CCO[C@@H]1CCC[C@H](n2cnc3c(I)ncnc32)O1. The van der Waals surface area contributed by atoms with Crippen molar-refractivity contribution in [3.63, 3.8) is 0 Å². The zero-order chi connectivity index (χ0) is 13.2. The molecule has 6 nitrogen and oxygen atoms in total. The Morgan fingerprint density at radius 3 is 3.16 bits per heavy atom. The number of imidazole rings is 1. The molecule has 2 aromatic heterocycles. The van der Waals surface area contributed by atoms with Crippen LogP contribution in [-0.2, 0) is 9.47 Å². The highest BCUT2D eigenvalue weighted by Crippen LogP contribution is 2.29. The lowest BCUT2D eigenvalue weighted by Crippen LogP contribution is -2.28. The minimum atomic E-state index is -0.123. The molecule has 0 radical (unpaired) electrons. The number of nitrogens with zero attached hydrogens (tertiary/aromatic N) is 4. The zero-order valence-corrected chi connectivity index (χ0v) is 12.8. The summed E-state index contributed by atoms with van der Waals surface area (Å²) in [5.74, 6) is 0. The highest BCUT2D eigenvalue weighted by molar-refractivity contribution is 14.1. The molecule has 0 aliphatic carbocycles. The minimum absolute atomic E-state index is 0.0546. The van der Waals surface area contributed by atoms with Gasteiger partial charge >= 0.3 is 0 Å². The molecule has 3 rings (SSSR count). The van der Waals surface area contributed by atoms with Crippen LogP contribution in [0.25, 0.3) is 11.2 Å². The van der Waals surface area contributed by atoms with Gasteiger partial charge in [-0.1, -0.05) is 0 Å². The Labute approximate surface area is 124 Å². The van der Waals surface area contributed by atoms with Crippen molar-refractivity contribution in [2.24, 2.45) is 0 Å². The maximum atomic E-state index is 5.96. The van der Waals surface area contributed by atoms with Gasteiger partial charge < -0.3 is 9.47 Å². The van der Waals surface area contributed by atoms with Crippen molar-refractivity contribution in [1.82, 2.24) is 19.5 Å². The number of halogens is 1. The van der Waals surface area contributed by atoms with Crippen molar-refractivity contribution in [3.05, 3.63) is 16.4 Å². The fraction of sp³-hybridized carbons (Fsp3) is 0.583. The van der Waals surface area contributed by atoms with E-state index in [4.69, 9.17) is 9.47 Å². The summed E-state index contributed by atoms with van der Waals surface area (Å²) in [5, 5.41) is 0. The molecule has 0 N–H and O–H groups in total. The van der Waals surface area contributed by atoms with E-state index in [9.17, 15) is 0 Å². The van der Waals surface area contributed by atoms with Gasteiger partial charge in [0.2, 0.25) is 0 Å². The first-order valence-electron chi connectivity index (χ1n) is 6.39. The summed E-state index contributed by atoms with van der Waals surface area (Å²) in [5.41, 5.74) is 1.65. The highest BCUT2D eigenvalue weighted by atomic mass is 127. The van der Waals surface area contributed by atoms with Crippen LogP contribution in [0.15, 0.2) is 12.7 Å². The summed E-state index contributed by atoms with van der Waals surface area (Å²) in [6, 6.07) is 0. The molecule has 2 atom stereocenters. The number of fused-ring (bicyclic) bond motifs is 1. The van der Waals surface area contributed by atoms with Gasteiger partial charge in [-0.2, -0.15) is 0 Å². The van der Waals surface area contributed by atoms with Crippen molar-refractivity contribution < 1.29 is 9.47 Å². The van der Waals surface area contributed by atoms with E-state index in [0.29, 0.717) is 6.61 Å². The quantitative estimate of drug-likeness (QED) is 0.610. The van der Waals surface area contributed by atoms with E-state index in [2.05, 4.69) is 37.5 Å². The summed E-state index contributed by atoms with van der Waals surface area (Å²) < 4.78 is 14.4. The topological polar surface area (TPSA) is 62.1 Å². The van der Waals surface area contributed by atoms with Crippen molar-refractivity contribution in [2.75, 3.05) is 6.61 Å². The molecule has 0 amide bonds. The van der Waals surface area contributed by atoms with Crippen molar-refractivity contribution in [2.45, 2.75) is 38.7 Å². The van der Waals surface area contributed by atoms with Crippen LogP contribution in [-0.4, -0.2) is 32.4 Å². The Morgan fingerprint density at radius 2 is 2.32 bits per heavy atom.